The van der Waals surface area contributed by atoms with Crippen molar-refractivity contribution in [3.8, 4) is 11.5 Å². The summed E-state index contributed by atoms with van der Waals surface area (Å²) >= 11 is 0. The fourth-order valence-corrected chi connectivity index (χ4v) is 10.7. The van der Waals surface area contributed by atoms with E-state index >= 15 is 0 Å². The molecule has 3 nitrogen and oxygen atoms in total. The van der Waals surface area contributed by atoms with Crippen LogP contribution >= 0.6 is 0 Å². The highest BCUT2D eigenvalue weighted by Crippen LogP contribution is 2.62. The highest BCUT2D eigenvalue weighted by Gasteiger charge is 2.58. The molecule has 0 amide bonds. The van der Waals surface area contributed by atoms with Crippen LogP contribution < -0.4 is 9.47 Å². The summed E-state index contributed by atoms with van der Waals surface area (Å²) < 4.78 is 13.3. The zero-order chi connectivity index (χ0) is 32.0. The molecule has 0 bridgehead atoms. The molecule has 0 heterocycles. The molecule has 44 heavy (non-hydrogen) atoms. The molecule has 0 saturated heterocycles. The summed E-state index contributed by atoms with van der Waals surface area (Å²) in [6.45, 7) is 23.6. The van der Waals surface area contributed by atoms with Crippen molar-refractivity contribution in [1.82, 2.24) is 0 Å². The number of methoxy groups -OCH3 is 1. The molecule has 3 heteroatoms. The third kappa shape index (κ3) is 4.69. The Morgan fingerprint density at radius 2 is 1.32 bits per heavy atom. The minimum Gasteiger partial charge on any atom is -0.496 e. The lowest BCUT2D eigenvalue weighted by Gasteiger charge is -2.58. The van der Waals surface area contributed by atoms with Crippen LogP contribution in [0, 0.1) is 22.7 Å². The van der Waals surface area contributed by atoms with E-state index in [1.807, 2.05) is 0 Å². The summed E-state index contributed by atoms with van der Waals surface area (Å²) in [5, 5.41) is 12.4. The molecule has 6 rings (SSSR count). The molecule has 1 N–H and O–H groups in total. The van der Waals surface area contributed by atoms with E-state index in [1.54, 1.807) is 7.11 Å². The molecule has 2 fully saturated rings. The van der Waals surface area contributed by atoms with Gasteiger partial charge >= 0.3 is 0 Å². The second-order valence-corrected chi connectivity index (χ2v) is 17.3. The Bertz CT molecular complexity index is 1460. The number of rotatable bonds is 5. The van der Waals surface area contributed by atoms with Crippen molar-refractivity contribution >= 4 is 6.08 Å². The first-order valence-corrected chi connectivity index (χ1v) is 17.5. The number of hydrogen-bond acceptors (Lipinski definition) is 3. The second kappa shape index (κ2) is 10.6. The van der Waals surface area contributed by atoms with Crippen LogP contribution in [-0.2, 0) is 10.8 Å². The standard InChI is InChI=1S/C41H58O3/c1-24(2)27-20-26-14-15-34-38(5,6)16-12-18-40(34,9)30(26)22-33(27)44-36-35(42)29-21-28(25(3)4)32(43-11)23-31(29)41(10)19-13-17-39(7,8)37(36)41/h14-15,20-25,34-37,42H,12-13,16-19H2,1-11H3/t34-,35-,36-,37-,40+,41+/m0/s1. The van der Waals surface area contributed by atoms with Gasteiger partial charge in [-0.1, -0.05) is 94.2 Å². The van der Waals surface area contributed by atoms with Crippen molar-refractivity contribution in [3.05, 3.63) is 63.7 Å². The fourth-order valence-electron chi connectivity index (χ4n) is 10.7. The lowest BCUT2D eigenvalue weighted by Crippen LogP contribution is -2.57. The van der Waals surface area contributed by atoms with Crippen molar-refractivity contribution < 1.29 is 14.6 Å². The molecular formula is C41H58O3. The number of aliphatic hydroxyl groups is 1. The van der Waals surface area contributed by atoms with Crippen LogP contribution in [0.5, 0.6) is 11.5 Å². The van der Waals surface area contributed by atoms with Crippen molar-refractivity contribution in [2.75, 3.05) is 7.11 Å². The fraction of sp³-hybridized carbons (Fsp3) is 0.659. The smallest absolute Gasteiger partial charge is 0.133 e. The van der Waals surface area contributed by atoms with Gasteiger partial charge < -0.3 is 14.6 Å². The molecule has 0 aliphatic heterocycles. The zero-order valence-electron chi connectivity index (χ0n) is 29.4. The van der Waals surface area contributed by atoms with E-state index < -0.39 is 6.10 Å². The minimum absolute atomic E-state index is 0.0136. The molecule has 2 saturated carbocycles. The number of allylic oxidation sites excluding steroid dienone is 1. The molecule has 240 valence electrons. The summed E-state index contributed by atoms with van der Waals surface area (Å²) in [7, 11) is 1.78. The molecular weight excluding hydrogens is 540 g/mol. The number of ether oxygens (including phenoxy) is 2. The van der Waals surface area contributed by atoms with Crippen LogP contribution in [0.15, 0.2) is 30.3 Å². The highest BCUT2D eigenvalue weighted by molar-refractivity contribution is 5.65. The first-order valence-electron chi connectivity index (χ1n) is 17.5. The average Bonchev–Trinajstić information content (AvgIpc) is 2.93. The van der Waals surface area contributed by atoms with Crippen LogP contribution in [0.2, 0.25) is 0 Å². The van der Waals surface area contributed by atoms with Gasteiger partial charge in [0.15, 0.2) is 0 Å². The Kier molecular flexibility index (Phi) is 7.67. The summed E-state index contributed by atoms with van der Waals surface area (Å²) in [6.07, 6.45) is 11.0. The van der Waals surface area contributed by atoms with Crippen LogP contribution in [0.1, 0.15) is 159 Å². The molecule has 6 atom stereocenters. The predicted octanol–water partition coefficient (Wildman–Crippen LogP) is 10.6. The van der Waals surface area contributed by atoms with Gasteiger partial charge in [-0.05, 0) is 123 Å². The van der Waals surface area contributed by atoms with Crippen molar-refractivity contribution in [2.24, 2.45) is 22.7 Å². The third-order valence-corrected chi connectivity index (χ3v) is 12.8. The van der Waals surface area contributed by atoms with Crippen LogP contribution in [0.3, 0.4) is 0 Å². The number of fused-ring (bicyclic) bond motifs is 6. The summed E-state index contributed by atoms with van der Waals surface area (Å²) in [5.41, 5.74) is 7.71. The van der Waals surface area contributed by atoms with Gasteiger partial charge in [0, 0.05) is 5.92 Å². The number of aliphatic hydroxyl groups excluding tert-OH is 1. The van der Waals surface area contributed by atoms with Crippen LogP contribution in [0.4, 0.5) is 0 Å². The SMILES string of the molecule is COc1cc2c(cc1C(C)C)[C@H](O)[C@H](Oc1cc3c(cc1C(C)C)C=C[C@H]1C(C)(C)CCC[C@]31C)[C@H]1C(C)(C)CCC[C@]21C. The van der Waals surface area contributed by atoms with Gasteiger partial charge in [-0.2, -0.15) is 0 Å². The van der Waals surface area contributed by atoms with Crippen molar-refractivity contribution in [1.29, 1.82) is 0 Å². The van der Waals surface area contributed by atoms with Crippen molar-refractivity contribution in [3.63, 3.8) is 0 Å². The summed E-state index contributed by atoms with van der Waals surface area (Å²) in [6, 6.07) is 9.31. The van der Waals surface area contributed by atoms with Gasteiger partial charge in [-0.15, -0.1) is 0 Å². The quantitative estimate of drug-likeness (QED) is 0.372. The zero-order valence-corrected chi connectivity index (χ0v) is 29.4. The summed E-state index contributed by atoms with van der Waals surface area (Å²) in [5.74, 6) is 3.19. The van der Waals surface area contributed by atoms with Crippen molar-refractivity contribution in [2.45, 2.75) is 143 Å². The maximum absolute atomic E-state index is 12.4. The third-order valence-electron chi connectivity index (χ3n) is 12.8. The molecule has 4 aliphatic carbocycles. The van der Waals surface area contributed by atoms with Crippen LogP contribution in [0.25, 0.3) is 6.08 Å². The first-order chi connectivity index (χ1) is 20.5. The normalized spacial score (nSPS) is 33.3. The number of benzene rings is 2. The van der Waals surface area contributed by atoms with Gasteiger partial charge in [-0.3, -0.25) is 0 Å². The monoisotopic (exact) mass is 598 g/mol. The minimum atomic E-state index is -0.711. The largest absolute Gasteiger partial charge is 0.496 e. The Hall–Kier alpha value is -2.26. The lowest BCUT2D eigenvalue weighted by atomic mass is 9.49. The van der Waals surface area contributed by atoms with E-state index in [1.165, 1.54) is 47.9 Å². The maximum Gasteiger partial charge on any atom is 0.133 e. The summed E-state index contributed by atoms with van der Waals surface area (Å²) in [4.78, 5) is 0. The van der Waals surface area contributed by atoms with E-state index in [2.05, 4.69) is 106 Å². The average molecular weight is 599 g/mol. The van der Waals surface area contributed by atoms with E-state index in [9.17, 15) is 5.11 Å². The highest BCUT2D eigenvalue weighted by atomic mass is 16.5. The Labute approximate surface area is 267 Å². The van der Waals surface area contributed by atoms with Crippen LogP contribution in [-0.4, -0.2) is 18.3 Å². The maximum atomic E-state index is 12.4. The van der Waals surface area contributed by atoms with E-state index in [4.69, 9.17) is 9.47 Å². The predicted molar refractivity (Wildman–Crippen MR) is 183 cm³/mol. The Balaban J connectivity index is 1.52. The Morgan fingerprint density at radius 3 is 1.95 bits per heavy atom. The number of hydrogen-bond donors (Lipinski definition) is 1. The van der Waals surface area contributed by atoms with Gasteiger partial charge in [0.1, 0.15) is 23.7 Å². The van der Waals surface area contributed by atoms with Gasteiger partial charge in [-0.25, -0.2) is 0 Å². The van der Waals surface area contributed by atoms with E-state index in [0.717, 1.165) is 35.5 Å². The molecule has 4 aliphatic rings. The molecule has 0 aromatic heterocycles. The molecule has 0 radical (unpaired) electrons. The van der Waals surface area contributed by atoms with E-state index in [0.29, 0.717) is 17.8 Å². The molecule has 0 unspecified atom stereocenters. The van der Waals surface area contributed by atoms with Gasteiger partial charge in [0.25, 0.3) is 0 Å². The van der Waals surface area contributed by atoms with Gasteiger partial charge in [0.05, 0.1) is 7.11 Å². The molecule has 2 aromatic rings. The molecule has 0 spiro atoms. The van der Waals surface area contributed by atoms with E-state index in [-0.39, 0.29) is 33.7 Å². The second-order valence-electron chi connectivity index (χ2n) is 17.3. The Morgan fingerprint density at radius 1 is 0.727 bits per heavy atom. The van der Waals surface area contributed by atoms with Gasteiger partial charge in [0.2, 0.25) is 0 Å². The first kappa shape index (κ1) is 31.7. The lowest BCUT2D eigenvalue weighted by molar-refractivity contribution is -0.101. The topological polar surface area (TPSA) is 38.7 Å². The molecule has 2 aromatic carbocycles.